The molecular weight excluding hydrogens is 532 g/mol. The van der Waals surface area contributed by atoms with Crippen molar-refractivity contribution in [2.75, 3.05) is 44.4 Å². The molecule has 3 rings (SSSR count). The van der Waals surface area contributed by atoms with Crippen molar-refractivity contribution < 1.29 is 23.9 Å². The second kappa shape index (κ2) is 17.9. The number of amides is 3. The molecule has 2 aromatic rings. The molecular formula is C33H44N4O5. The number of carbonyl (C=O) groups excluding carboxylic acids is 3. The molecule has 0 fully saturated rings. The first-order chi connectivity index (χ1) is 20.4. The SMILES string of the molecule is C=CCOCCOCCNC(=O)C(N)CNC(=O)CCCCC(=O)N1Cc2ccccc2/C(CC)=C\c2ccccc21. The molecule has 9 heteroatoms. The average molecular weight is 577 g/mol. The standard InChI is InChI=1S/C33H44N4O5/c1-3-18-41-20-21-42-19-17-35-33(40)29(34)23-36-31(38)15-9-10-16-32(39)37-24-27-12-5-7-13-28(27)25(4-2)22-26-11-6-8-14-30(26)37/h3,5-8,11-14,22,29H,1,4,9-10,15-21,23-24,34H2,2H3,(H,35,40)(H,36,38)/b25-22-. The molecule has 3 amide bonds. The van der Waals surface area contributed by atoms with Crippen molar-refractivity contribution in [3.63, 3.8) is 0 Å². The highest BCUT2D eigenvalue weighted by Gasteiger charge is 2.22. The minimum absolute atomic E-state index is 0.0259. The number of nitrogens with two attached hydrogens (primary N) is 1. The summed E-state index contributed by atoms with van der Waals surface area (Å²) in [5, 5.41) is 5.40. The first-order valence-electron chi connectivity index (χ1n) is 14.7. The third kappa shape index (κ3) is 10.2. The molecule has 1 aliphatic rings. The predicted molar refractivity (Wildman–Crippen MR) is 167 cm³/mol. The number of ether oxygens (including phenoxy) is 2. The Bertz CT molecular complexity index is 1230. The van der Waals surface area contributed by atoms with Crippen LogP contribution in [0.2, 0.25) is 0 Å². The summed E-state index contributed by atoms with van der Waals surface area (Å²) in [6.07, 6.45) is 6.46. The third-order valence-corrected chi connectivity index (χ3v) is 6.98. The van der Waals surface area contributed by atoms with Crippen LogP contribution >= 0.6 is 0 Å². The molecule has 0 saturated carbocycles. The second-order valence-corrected chi connectivity index (χ2v) is 10.1. The van der Waals surface area contributed by atoms with Gasteiger partial charge in [0, 0.05) is 25.9 Å². The number of nitrogens with zero attached hydrogens (tertiary/aromatic N) is 1. The number of anilines is 1. The van der Waals surface area contributed by atoms with Crippen molar-refractivity contribution in [3.8, 4) is 0 Å². The Morgan fingerprint density at radius 1 is 1.00 bits per heavy atom. The molecule has 0 aromatic heterocycles. The fourth-order valence-electron chi connectivity index (χ4n) is 4.73. The Kier molecular flexibility index (Phi) is 13.9. The largest absolute Gasteiger partial charge is 0.377 e. The van der Waals surface area contributed by atoms with Gasteiger partial charge in [-0.15, -0.1) is 6.58 Å². The van der Waals surface area contributed by atoms with E-state index in [0.29, 0.717) is 58.8 Å². The number of rotatable bonds is 17. The van der Waals surface area contributed by atoms with Crippen molar-refractivity contribution >= 4 is 35.1 Å². The van der Waals surface area contributed by atoms with Crippen molar-refractivity contribution in [2.24, 2.45) is 5.73 Å². The summed E-state index contributed by atoms with van der Waals surface area (Å²) in [5.74, 6) is -0.530. The Hall–Kier alpha value is -3.79. The smallest absolute Gasteiger partial charge is 0.238 e. The minimum atomic E-state index is -0.858. The molecule has 42 heavy (non-hydrogen) atoms. The van der Waals surface area contributed by atoms with Gasteiger partial charge in [-0.25, -0.2) is 0 Å². The van der Waals surface area contributed by atoms with Crippen molar-refractivity contribution in [1.82, 2.24) is 10.6 Å². The molecule has 226 valence electrons. The Morgan fingerprint density at radius 3 is 2.55 bits per heavy atom. The average Bonchev–Trinajstić information content (AvgIpc) is 3.00. The summed E-state index contributed by atoms with van der Waals surface area (Å²) in [6, 6.07) is 15.4. The maximum atomic E-state index is 13.4. The van der Waals surface area contributed by atoms with E-state index in [4.69, 9.17) is 15.2 Å². The third-order valence-electron chi connectivity index (χ3n) is 6.98. The summed E-state index contributed by atoms with van der Waals surface area (Å²) in [4.78, 5) is 39.8. The van der Waals surface area contributed by atoms with Crippen LogP contribution in [0.25, 0.3) is 11.6 Å². The van der Waals surface area contributed by atoms with Gasteiger partial charge in [0.2, 0.25) is 17.7 Å². The van der Waals surface area contributed by atoms with Gasteiger partial charge in [0.25, 0.3) is 0 Å². The lowest BCUT2D eigenvalue weighted by Crippen LogP contribution is -2.48. The first kappa shape index (κ1) is 32.7. The molecule has 1 atom stereocenters. The molecule has 0 saturated heterocycles. The number of unbranched alkanes of at least 4 members (excludes halogenated alkanes) is 1. The summed E-state index contributed by atoms with van der Waals surface area (Å²) < 4.78 is 10.6. The topological polar surface area (TPSA) is 123 Å². The Labute approximate surface area is 249 Å². The normalized spacial score (nSPS) is 14.3. The molecule has 0 radical (unpaired) electrons. The zero-order valence-electron chi connectivity index (χ0n) is 24.6. The molecule has 2 aromatic carbocycles. The van der Waals surface area contributed by atoms with E-state index in [1.54, 1.807) is 6.08 Å². The quantitative estimate of drug-likeness (QED) is 0.194. The number of para-hydroxylation sites is 1. The van der Waals surface area contributed by atoms with Gasteiger partial charge in [-0.3, -0.25) is 14.4 Å². The van der Waals surface area contributed by atoms with Crippen molar-refractivity contribution in [2.45, 2.75) is 51.6 Å². The van der Waals surface area contributed by atoms with E-state index < -0.39 is 6.04 Å². The Balaban J connectivity index is 1.40. The summed E-state index contributed by atoms with van der Waals surface area (Å²) >= 11 is 0. The van der Waals surface area contributed by atoms with Gasteiger partial charge >= 0.3 is 0 Å². The van der Waals surface area contributed by atoms with Crippen LogP contribution in [0, 0.1) is 0 Å². The number of carbonyl (C=O) groups is 3. The molecule has 0 spiro atoms. The van der Waals surface area contributed by atoms with Gasteiger partial charge < -0.3 is 30.7 Å². The number of hydrogen-bond donors (Lipinski definition) is 3. The second-order valence-electron chi connectivity index (χ2n) is 10.1. The summed E-state index contributed by atoms with van der Waals surface area (Å²) in [7, 11) is 0. The van der Waals surface area contributed by atoms with Gasteiger partial charge in [-0.05, 0) is 53.7 Å². The number of nitrogens with one attached hydrogen (secondary N) is 2. The van der Waals surface area contributed by atoms with Crippen LogP contribution < -0.4 is 21.3 Å². The Morgan fingerprint density at radius 2 is 1.74 bits per heavy atom. The lowest BCUT2D eigenvalue weighted by molar-refractivity contribution is -0.124. The van der Waals surface area contributed by atoms with Crippen LogP contribution in [-0.2, 0) is 30.4 Å². The van der Waals surface area contributed by atoms with Crippen LogP contribution in [0.5, 0.6) is 0 Å². The fraction of sp³-hybridized carbons (Fsp3) is 0.424. The van der Waals surface area contributed by atoms with E-state index in [9.17, 15) is 14.4 Å². The van der Waals surface area contributed by atoms with Gasteiger partial charge in [-0.1, -0.05) is 55.5 Å². The monoisotopic (exact) mass is 576 g/mol. The minimum Gasteiger partial charge on any atom is -0.377 e. The predicted octanol–water partition coefficient (Wildman–Crippen LogP) is 3.82. The van der Waals surface area contributed by atoms with E-state index in [0.717, 1.165) is 23.2 Å². The zero-order chi connectivity index (χ0) is 30.2. The van der Waals surface area contributed by atoms with Crippen LogP contribution in [0.15, 0.2) is 61.2 Å². The number of allylic oxidation sites excluding steroid dienone is 1. The molecule has 9 nitrogen and oxygen atoms in total. The zero-order valence-corrected chi connectivity index (χ0v) is 24.6. The van der Waals surface area contributed by atoms with E-state index in [-0.39, 0.29) is 30.7 Å². The van der Waals surface area contributed by atoms with Crippen molar-refractivity contribution in [3.05, 3.63) is 77.9 Å². The van der Waals surface area contributed by atoms with Gasteiger partial charge in [-0.2, -0.15) is 0 Å². The maximum absolute atomic E-state index is 13.4. The summed E-state index contributed by atoms with van der Waals surface area (Å²) in [6.45, 7) is 8.26. The van der Waals surface area contributed by atoms with Crippen LogP contribution in [0.4, 0.5) is 5.69 Å². The number of fused-ring (bicyclic) bond motifs is 2. The van der Waals surface area contributed by atoms with Crippen LogP contribution in [-0.4, -0.2) is 63.3 Å². The highest BCUT2D eigenvalue weighted by Crippen LogP contribution is 2.34. The lowest BCUT2D eigenvalue weighted by Gasteiger charge is -2.28. The molecule has 0 aliphatic carbocycles. The number of hydrogen-bond acceptors (Lipinski definition) is 6. The lowest BCUT2D eigenvalue weighted by atomic mass is 9.93. The van der Waals surface area contributed by atoms with E-state index in [2.05, 4.69) is 42.3 Å². The van der Waals surface area contributed by atoms with Crippen LogP contribution in [0.1, 0.15) is 55.7 Å². The van der Waals surface area contributed by atoms with Gasteiger partial charge in [0.15, 0.2) is 0 Å². The van der Waals surface area contributed by atoms with Gasteiger partial charge in [0.1, 0.15) is 6.04 Å². The van der Waals surface area contributed by atoms with E-state index >= 15 is 0 Å². The number of benzene rings is 2. The summed E-state index contributed by atoms with van der Waals surface area (Å²) in [5.41, 5.74) is 11.4. The fourth-order valence-corrected chi connectivity index (χ4v) is 4.73. The highest BCUT2D eigenvalue weighted by molar-refractivity contribution is 5.98. The molecule has 1 heterocycles. The molecule has 1 aliphatic heterocycles. The van der Waals surface area contributed by atoms with Crippen LogP contribution in [0.3, 0.4) is 0 Å². The van der Waals surface area contributed by atoms with Crippen molar-refractivity contribution in [1.29, 1.82) is 0 Å². The molecule has 4 N–H and O–H groups in total. The van der Waals surface area contributed by atoms with E-state index in [1.807, 2.05) is 41.3 Å². The highest BCUT2D eigenvalue weighted by atomic mass is 16.5. The molecule has 1 unspecified atom stereocenters. The van der Waals surface area contributed by atoms with E-state index in [1.165, 1.54) is 11.1 Å². The maximum Gasteiger partial charge on any atom is 0.238 e. The van der Waals surface area contributed by atoms with Gasteiger partial charge in [0.05, 0.1) is 38.7 Å². The first-order valence-corrected chi connectivity index (χ1v) is 14.7. The molecule has 0 bridgehead atoms.